The standard InChI is InChI=1S/C21H30N4O/c1-16(2)13-23-10-6-17(7-11-23)18-8-12-25(14-18)21(26)19-15-24-9-4-3-5-20(24)22-19/h3-5,9,15-18H,6-8,10-14H2,1-2H3. The van der Waals surface area contributed by atoms with Crippen LogP contribution in [0.4, 0.5) is 0 Å². The lowest BCUT2D eigenvalue weighted by atomic mass is 9.83. The highest BCUT2D eigenvalue weighted by molar-refractivity contribution is 5.93. The van der Waals surface area contributed by atoms with Crippen molar-refractivity contribution in [2.24, 2.45) is 17.8 Å². The normalized spacial score (nSPS) is 22.6. The molecule has 5 nitrogen and oxygen atoms in total. The monoisotopic (exact) mass is 354 g/mol. The van der Waals surface area contributed by atoms with Gasteiger partial charge in [0.2, 0.25) is 0 Å². The molecular weight excluding hydrogens is 324 g/mol. The fourth-order valence-electron chi connectivity index (χ4n) is 4.68. The molecule has 0 aromatic carbocycles. The number of hydrogen-bond donors (Lipinski definition) is 0. The SMILES string of the molecule is CC(C)CN1CCC(C2CCN(C(=O)c3cn4ccccc4n3)C2)CC1. The topological polar surface area (TPSA) is 40.9 Å². The van der Waals surface area contributed by atoms with E-state index in [1.165, 1.54) is 32.5 Å². The molecule has 2 aromatic heterocycles. The molecule has 2 saturated heterocycles. The molecule has 0 N–H and O–H groups in total. The molecule has 0 radical (unpaired) electrons. The van der Waals surface area contributed by atoms with Crippen LogP contribution in [0.15, 0.2) is 30.6 Å². The van der Waals surface area contributed by atoms with Gasteiger partial charge in [0.15, 0.2) is 0 Å². The van der Waals surface area contributed by atoms with Crippen LogP contribution in [0.3, 0.4) is 0 Å². The fraction of sp³-hybridized carbons (Fsp3) is 0.619. The molecule has 0 spiro atoms. The second kappa shape index (κ2) is 7.39. The van der Waals surface area contributed by atoms with Crippen molar-refractivity contribution in [3.8, 4) is 0 Å². The molecule has 5 heteroatoms. The maximum absolute atomic E-state index is 12.9. The Morgan fingerprint density at radius 3 is 2.65 bits per heavy atom. The van der Waals surface area contributed by atoms with Gasteiger partial charge in [-0.2, -0.15) is 0 Å². The molecule has 0 saturated carbocycles. The average molecular weight is 354 g/mol. The number of rotatable bonds is 4. The zero-order valence-corrected chi connectivity index (χ0v) is 16.0. The summed E-state index contributed by atoms with van der Waals surface area (Å²) >= 11 is 0. The highest BCUT2D eigenvalue weighted by atomic mass is 16.2. The van der Waals surface area contributed by atoms with E-state index in [1.54, 1.807) is 0 Å². The number of likely N-dealkylation sites (tertiary alicyclic amines) is 2. The molecule has 4 heterocycles. The number of nitrogens with zero attached hydrogens (tertiary/aromatic N) is 4. The van der Waals surface area contributed by atoms with Gasteiger partial charge in [-0.15, -0.1) is 0 Å². The number of fused-ring (bicyclic) bond motifs is 1. The van der Waals surface area contributed by atoms with Gasteiger partial charge in [-0.05, 0) is 62.2 Å². The molecular formula is C21H30N4O. The summed E-state index contributed by atoms with van der Waals surface area (Å²) < 4.78 is 1.92. The number of amides is 1. The van der Waals surface area contributed by atoms with E-state index in [4.69, 9.17) is 0 Å². The summed E-state index contributed by atoms with van der Waals surface area (Å²) in [6, 6.07) is 5.85. The Balaban J connectivity index is 1.34. The molecule has 26 heavy (non-hydrogen) atoms. The molecule has 1 amide bonds. The third kappa shape index (κ3) is 3.63. The van der Waals surface area contributed by atoms with E-state index >= 15 is 0 Å². The van der Waals surface area contributed by atoms with Gasteiger partial charge in [0, 0.05) is 32.0 Å². The summed E-state index contributed by atoms with van der Waals surface area (Å²) in [6.45, 7) is 10.0. The van der Waals surface area contributed by atoms with Gasteiger partial charge < -0.3 is 14.2 Å². The van der Waals surface area contributed by atoms with Crippen LogP contribution in [0.25, 0.3) is 5.65 Å². The summed E-state index contributed by atoms with van der Waals surface area (Å²) in [5.74, 6) is 2.28. The first-order valence-corrected chi connectivity index (χ1v) is 10.1. The van der Waals surface area contributed by atoms with Crippen LogP contribution in [0.5, 0.6) is 0 Å². The number of imidazole rings is 1. The smallest absolute Gasteiger partial charge is 0.274 e. The minimum absolute atomic E-state index is 0.0912. The van der Waals surface area contributed by atoms with Crippen LogP contribution in [0, 0.1) is 17.8 Å². The summed E-state index contributed by atoms with van der Waals surface area (Å²) in [4.78, 5) is 22.0. The molecule has 2 aliphatic heterocycles. The Hall–Kier alpha value is -1.88. The minimum atomic E-state index is 0.0912. The predicted molar refractivity (Wildman–Crippen MR) is 103 cm³/mol. The van der Waals surface area contributed by atoms with Crippen LogP contribution in [0.2, 0.25) is 0 Å². The first kappa shape index (κ1) is 17.5. The number of aromatic nitrogens is 2. The van der Waals surface area contributed by atoms with Crippen LogP contribution in [0.1, 0.15) is 43.6 Å². The van der Waals surface area contributed by atoms with Crippen molar-refractivity contribution in [1.29, 1.82) is 0 Å². The average Bonchev–Trinajstić information content (AvgIpc) is 3.28. The third-order valence-electron chi connectivity index (χ3n) is 6.02. The number of hydrogen-bond acceptors (Lipinski definition) is 3. The van der Waals surface area contributed by atoms with Crippen molar-refractivity contribution >= 4 is 11.6 Å². The molecule has 4 rings (SSSR count). The quantitative estimate of drug-likeness (QED) is 0.847. The van der Waals surface area contributed by atoms with Crippen molar-refractivity contribution in [2.45, 2.75) is 33.1 Å². The second-order valence-electron chi connectivity index (χ2n) is 8.42. The zero-order chi connectivity index (χ0) is 18.1. The summed E-state index contributed by atoms with van der Waals surface area (Å²) in [5.41, 5.74) is 1.41. The predicted octanol–water partition coefficient (Wildman–Crippen LogP) is 3.16. The zero-order valence-electron chi connectivity index (χ0n) is 16.0. The van der Waals surface area contributed by atoms with E-state index in [2.05, 4.69) is 23.7 Å². The number of piperidine rings is 1. The Labute approximate surface area is 156 Å². The highest BCUT2D eigenvalue weighted by Gasteiger charge is 2.34. The van der Waals surface area contributed by atoms with Gasteiger partial charge >= 0.3 is 0 Å². The maximum atomic E-state index is 12.9. The highest BCUT2D eigenvalue weighted by Crippen LogP contribution is 2.32. The summed E-state index contributed by atoms with van der Waals surface area (Å²) in [5, 5.41) is 0. The molecule has 140 valence electrons. The van der Waals surface area contributed by atoms with E-state index < -0.39 is 0 Å². The van der Waals surface area contributed by atoms with E-state index in [0.29, 0.717) is 11.6 Å². The van der Waals surface area contributed by atoms with Crippen molar-refractivity contribution in [1.82, 2.24) is 19.2 Å². The lowest BCUT2D eigenvalue weighted by molar-refractivity contribution is 0.0767. The van der Waals surface area contributed by atoms with Gasteiger partial charge in [-0.1, -0.05) is 19.9 Å². The number of pyridine rings is 1. The van der Waals surface area contributed by atoms with Crippen molar-refractivity contribution < 1.29 is 4.79 Å². The summed E-state index contributed by atoms with van der Waals surface area (Å²) in [7, 11) is 0. The van der Waals surface area contributed by atoms with Gasteiger partial charge in [0.05, 0.1) is 0 Å². The van der Waals surface area contributed by atoms with Crippen molar-refractivity contribution in [3.05, 3.63) is 36.3 Å². The van der Waals surface area contributed by atoms with E-state index in [0.717, 1.165) is 37.0 Å². The van der Waals surface area contributed by atoms with Gasteiger partial charge in [0.1, 0.15) is 11.3 Å². The Morgan fingerprint density at radius 1 is 1.15 bits per heavy atom. The Morgan fingerprint density at radius 2 is 1.92 bits per heavy atom. The maximum Gasteiger partial charge on any atom is 0.274 e. The summed E-state index contributed by atoms with van der Waals surface area (Å²) in [6.07, 6.45) is 7.52. The van der Waals surface area contributed by atoms with E-state index in [1.807, 2.05) is 39.9 Å². The van der Waals surface area contributed by atoms with Crippen LogP contribution in [-0.2, 0) is 0 Å². The van der Waals surface area contributed by atoms with Gasteiger partial charge in [0.25, 0.3) is 5.91 Å². The van der Waals surface area contributed by atoms with Crippen LogP contribution in [-0.4, -0.2) is 57.8 Å². The number of carbonyl (C=O) groups is 1. The molecule has 1 unspecified atom stereocenters. The number of carbonyl (C=O) groups excluding carboxylic acids is 1. The molecule has 2 aliphatic rings. The first-order chi connectivity index (χ1) is 12.6. The molecule has 2 fully saturated rings. The second-order valence-corrected chi connectivity index (χ2v) is 8.42. The molecule has 2 aromatic rings. The van der Waals surface area contributed by atoms with Crippen molar-refractivity contribution in [2.75, 3.05) is 32.7 Å². The molecule has 0 bridgehead atoms. The van der Waals surface area contributed by atoms with Crippen LogP contribution >= 0.6 is 0 Å². The molecule has 0 aliphatic carbocycles. The Kier molecular flexibility index (Phi) is 4.98. The van der Waals surface area contributed by atoms with Crippen molar-refractivity contribution in [3.63, 3.8) is 0 Å². The fourth-order valence-corrected chi connectivity index (χ4v) is 4.68. The lowest BCUT2D eigenvalue weighted by Crippen LogP contribution is -2.39. The van der Waals surface area contributed by atoms with Gasteiger partial charge in [-0.3, -0.25) is 4.79 Å². The van der Waals surface area contributed by atoms with Gasteiger partial charge in [-0.25, -0.2) is 4.98 Å². The molecule has 1 atom stereocenters. The van der Waals surface area contributed by atoms with Crippen LogP contribution < -0.4 is 0 Å². The minimum Gasteiger partial charge on any atom is -0.337 e. The lowest BCUT2D eigenvalue weighted by Gasteiger charge is -2.35. The Bertz CT molecular complexity index is 727. The largest absolute Gasteiger partial charge is 0.337 e. The third-order valence-corrected chi connectivity index (χ3v) is 6.02. The van der Waals surface area contributed by atoms with E-state index in [9.17, 15) is 4.79 Å². The van der Waals surface area contributed by atoms with E-state index in [-0.39, 0.29) is 5.91 Å². The first-order valence-electron chi connectivity index (χ1n) is 10.1.